The Kier molecular flexibility index (Phi) is 7.14. The number of hydrogen-bond acceptors (Lipinski definition) is 5. The Balaban J connectivity index is 1.52. The van der Waals surface area contributed by atoms with Gasteiger partial charge in [0, 0.05) is 36.6 Å². The Hall–Kier alpha value is -3.43. The van der Waals surface area contributed by atoms with E-state index in [1.54, 1.807) is 36.1 Å². The number of anilines is 1. The molecule has 1 atom stereocenters. The zero-order valence-electron chi connectivity index (χ0n) is 18.5. The van der Waals surface area contributed by atoms with Gasteiger partial charge in [0.15, 0.2) is 0 Å². The third-order valence-corrected chi connectivity index (χ3v) is 6.09. The molecule has 0 bridgehead atoms. The van der Waals surface area contributed by atoms with Crippen LogP contribution in [-0.2, 0) is 11.8 Å². The first-order valence-electron chi connectivity index (χ1n) is 10.8. The highest BCUT2D eigenvalue weighted by molar-refractivity contribution is 6.31. The van der Waals surface area contributed by atoms with Crippen LogP contribution in [0.5, 0.6) is 5.75 Å². The molecule has 0 radical (unpaired) electrons. The molecule has 0 unspecified atom stereocenters. The quantitative estimate of drug-likeness (QED) is 0.498. The molecular weight excluding hydrogens is 463 g/mol. The monoisotopic (exact) mass is 486 g/mol. The van der Waals surface area contributed by atoms with Crippen LogP contribution in [0.25, 0.3) is 11.3 Å². The lowest BCUT2D eigenvalue weighted by Crippen LogP contribution is -2.38. The molecule has 1 fully saturated rings. The van der Waals surface area contributed by atoms with Crippen molar-refractivity contribution in [2.45, 2.75) is 18.9 Å². The summed E-state index contributed by atoms with van der Waals surface area (Å²) in [7, 11) is 1.80. The van der Waals surface area contributed by atoms with Gasteiger partial charge in [0.05, 0.1) is 10.7 Å². The lowest BCUT2D eigenvalue weighted by atomic mass is 10.1. The Bertz CT molecular complexity index is 1220. The van der Waals surface area contributed by atoms with E-state index >= 15 is 0 Å². The van der Waals surface area contributed by atoms with E-state index in [4.69, 9.17) is 16.3 Å². The number of rotatable bonds is 8. The predicted octanol–water partition coefficient (Wildman–Crippen LogP) is 4.06. The summed E-state index contributed by atoms with van der Waals surface area (Å²) in [6.07, 6.45) is 3.15. The summed E-state index contributed by atoms with van der Waals surface area (Å²) in [4.78, 5) is 26.0. The number of amides is 1. The Morgan fingerprint density at radius 3 is 2.79 bits per heavy atom. The average Bonchev–Trinajstić information content (AvgIpc) is 3.45. The summed E-state index contributed by atoms with van der Waals surface area (Å²) in [5, 5.41) is 16.2. The molecule has 1 amide bonds. The fraction of sp³-hybridized carbons (Fsp3) is 0.292. The number of aryl methyl sites for hydroxylation is 1. The number of carboxylic acids is 1. The number of aliphatic carboxylic acids is 1. The third kappa shape index (κ3) is 5.21. The summed E-state index contributed by atoms with van der Waals surface area (Å²) in [5.74, 6) is -1.25. The lowest BCUT2D eigenvalue weighted by Gasteiger charge is -2.21. The number of nitrogens with zero attached hydrogens (tertiary/aromatic N) is 3. The smallest absolute Gasteiger partial charge is 0.320 e. The minimum atomic E-state index is -0.810. The molecule has 0 aliphatic carbocycles. The minimum absolute atomic E-state index is 0.130. The fourth-order valence-corrected chi connectivity index (χ4v) is 4.24. The van der Waals surface area contributed by atoms with Crippen LogP contribution in [0.4, 0.5) is 10.1 Å². The molecule has 1 saturated heterocycles. The first-order valence-corrected chi connectivity index (χ1v) is 11.2. The number of hydrogen-bond donors (Lipinski definition) is 2. The van der Waals surface area contributed by atoms with E-state index in [0.717, 1.165) is 24.7 Å². The molecule has 1 aromatic heterocycles. The highest BCUT2D eigenvalue weighted by atomic mass is 35.5. The molecule has 2 heterocycles. The maximum Gasteiger partial charge on any atom is 0.320 e. The van der Waals surface area contributed by atoms with Gasteiger partial charge in [0.25, 0.3) is 5.91 Å². The summed E-state index contributed by atoms with van der Waals surface area (Å²) in [6, 6.07) is 10.3. The van der Waals surface area contributed by atoms with Crippen molar-refractivity contribution in [3.63, 3.8) is 0 Å². The molecule has 8 nitrogen and oxygen atoms in total. The Morgan fingerprint density at radius 1 is 1.26 bits per heavy atom. The molecule has 10 heteroatoms. The number of carbonyl (C=O) groups is 2. The van der Waals surface area contributed by atoms with Crippen molar-refractivity contribution < 1.29 is 23.8 Å². The number of ether oxygens (including phenoxy) is 1. The molecule has 3 aromatic rings. The van der Waals surface area contributed by atoms with E-state index in [0.29, 0.717) is 36.6 Å². The zero-order valence-corrected chi connectivity index (χ0v) is 19.3. The van der Waals surface area contributed by atoms with Gasteiger partial charge >= 0.3 is 5.97 Å². The van der Waals surface area contributed by atoms with Crippen molar-refractivity contribution in [1.82, 2.24) is 14.7 Å². The third-order valence-electron chi connectivity index (χ3n) is 5.80. The van der Waals surface area contributed by atoms with Crippen molar-refractivity contribution in [3.05, 3.63) is 65.1 Å². The maximum absolute atomic E-state index is 13.4. The van der Waals surface area contributed by atoms with Crippen molar-refractivity contribution >= 4 is 29.2 Å². The van der Waals surface area contributed by atoms with Crippen LogP contribution in [0.15, 0.2) is 48.7 Å². The van der Waals surface area contributed by atoms with Crippen molar-refractivity contribution in [2.75, 3.05) is 25.0 Å². The second kappa shape index (κ2) is 10.2. The molecule has 34 heavy (non-hydrogen) atoms. The molecule has 1 aliphatic heterocycles. The second-order valence-electron chi connectivity index (χ2n) is 8.01. The summed E-state index contributed by atoms with van der Waals surface area (Å²) in [5.41, 5.74) is 2.23. The maximum atomic E-state index is 13.4. The lowest BCUT2D eigenvalue weighted by molar-refractivity contribution is -0.142. The van der Waals surface area contributed by atoms with Gasteiger partial charge in [0.1, 0.15) is 24.2 Å². The molecule has 2 aromatic carbocycles. The molecule has 0 saturated carbocycles. The van der Waals surface area contributed by atoms with Gasteiger partial charge in [-0.25, -0.2) is 4.39 Å². The molecule has 178 valence electrons. The number of benzene rings is 2. The van der Waals surface area contributed by atoms with E-state index in [9.17, 15) is 19.1 Å². The zero-order chi connectivity index (χ0) is 24.2. The summed E-state index contributed by atoms with van der Waals surface area (Å²) >= 11 is 5.80. The van der Waals surface area contributed by atoms with E-state index in [1.165, 1.54) is 12.1 Å². The number of carbonyl (C=O) groups excluding carboxylic acids is 1. The Morgan fingerprint density at radius 2 is 2.09 bits per heavy atom. The average molecular weight is 487 g/mol. The van der Waals surface area contributed by atoms with Crippen LogP contribution in [0.2, 0.25) is 5.02 Å². The Labute approximate surface area is 200 Å². The standard InChI is InChI=1S/C24H24ClFN4O4/c1-29-20(8-9-27-29)17-14-16(28-23(31)15-4-6-19(26)18(25)13-15)5-7-22(17)34-12-11-30-10-2-3-21(30)24(32)33/h4-9,13-14,21H,2-3,10-12H2,1H3,(H,28,31)(H,32,33)/t21-/m0/s1. The molecule has 1 aliphatic rings. The second-order valence-corrected chi connectivity index (χ2v) is 8.42. The number of likely N-dealkylation sites (tertiary alicyclic amines) is 1. The van der Waals surface area contributed by atoms with Gasteiger partial charge in [0.2, 0.25) is 0 Å². The summed E-state index contributed by atoms with van der Waals surface area (Å²) < 4.78 is 21.1. The van der Waals surface area contributed by atoms with Crippen LogP contribution < -0.4 is 10.1 Å². The molecule has 2 N–H and O–H groups in total. The molecule has 4 rings (SSSR count). The van der Waals surface area contributed by atoms with E-state index < -0.39 is 23.7 Å². The summed E-state index contributed by atoms with van der Waals surface area (Å²) in [6.45, 7) is 1.54. The first-order chi connectivity index (χ1) is 16.3. The van der Waals surface area contributed by atoms with Gasteiger partial charge in [-0.05, 0) is 61.9 Å². The van der Waals surface area contributed by atoms with Gasteiger partial charge in [-0.2, -0.15) is 5.10 Å². The number of carboxylic acid groups (broad SMARTS) is 1. The number of nitrogens with one attached hydrogen (secondary N) is 1. The highest BCUT2D eigenvalue weighted by Crippen LogP contribution is 2.33. The van der Waals surface area contributed by atoms with Crippen LogP contribution >= 0.6 is 11.6 Å². The van der Waals surface area contributed by atoms with Gasteiger partial charge < -0.3 is 15.2 Å². The van der Waals surface area contributed by atoms with E-state index in [1.807, 2.05) is 11.0 Å². The van der Waals surface area contributed by atoms with Crippen LogP contribution in [0.1, 0.15) is 23.2 Å². The highest BCUT2D eigenvalue weighted by Gasteiger charge is 2.30. The van der Waals surface area contributed by atoms with Crippen molar-refractivity contribution in [3.8, 4) is 17.0 Å². The van der Waals surface area contributed by atoms with E-state index in [2.05, 4.69) is 10.4 Å². The molecule has 0 spiro atoms. The largest absolute Gasteiger partial charge is 0.492 e. The van der Waals surface area contributed by atoms with Crippen LogP contribution in [-0.4, -0.2) is 57.4 Å². The fourth-order valence-electron chi connectivity index (χ4n) is 4.06. The number of aromatic nitrogens is 2. The van der Waals surface area contributed by atoms with Crippen LogP contribution in [0, 0.1) is 5.82 Å². The van der Waals surface area contributed by atoms with Gasteiger partial charge in [-0.1, -0.05) is 11.6 Å². The first kappa shape index (κ1) is 23.7. The van der Waals surface area contributed by atoms with E-state index in [-0.39, 0.29) is 10.6 Å². The number of halogens is 2. The SMILES string of the molecule is Cn1nccc1-c1cc(NC(=O)c2ccc(F)c(Cl)c2)ccc1OCCN1CCC[C@H]1C(=O)O. The van der Waals surface area contributed by atoms with Crippen molar-refractivity contribution in [1.29, 1.82) is 0 Å². The molecular formula is C24H24ClFN4O4. The topological polar surface area (TPSA) is 96.7 Å². The van der Waals surface area contributed by atoms with Crippen LogP contribution in [0.3, 0.4) is 0 Å². The van der Waals surface area contributed by atoms with Gasteiger partial charge in [-0.15, -0.1) is 0 Å². The van der Waals surface area contributed by atoms with Gasteiger partial charge in [-0.3, -0.25) is 19.2 Å². The minimum Gasteiger partial charge on any atom is -0.492 e. The normalized spacial score (nSPS) is 15.9. The van der Waals surface area contributed by atoms with Crippen molar-refractivity contribution in [2.24, 2.45) is 7.05 Å². The predicted molar refractivity (Wildman–Crippen MR) is 126 cm³/mol.